The Bertz CT molecular complexity index is 848. The lowest BCUT2D eigenvalue weighted by Crippen LogP contribution is -2.21. The molecule has 0 aliphatic rings. The maximum Gasteiger partial charge on any atom is 0.339 e. The van der Waals surface area contributed by atoms with Crippen molar-refractivity contribution < 1.29 is 19.1 Å². The van der Waals surface area contributed by atoms with Gasteiger partial charge in [-0.25, -0.2) is 4.79 Å². The molecule has 0 aromatic heterocycles. The van der Waals surface area contributed by atoms with Gasteiger partial charge in [-0.3, -0.25) is 9.59 Å². The van der Waals surface area contributed by atoms with Crippen molar-refractivity contribution in [3.63, 3.8) is 0 Å². The molecular formula is C20H21ClN2O4. The minimum Gasteiger partial charge on any atom is -0.465 e. The minimum atomic E-state index is -0.566. The number of hydrogen-bond donors (Lipinski definition) is 1. The van der Waals surface area contributed by atoms with Crippen LogP contribution in [0.15, 0.2) is 42.5 Å². The number of halogens is 1. The SMILES string of the molecule is COC(=O)c1cc(NC(=O)CCc2ccc(C(=O)N(C)C)cc2)ccc1Cl. The number of benzene rings is 2. The average molecular weight is 389 g/mol. The van der Waals surface area contributed by atoms with E-state index in [-0.39, 0.29) is 28.8 Å². The quantitative estimate of drug-likeness (QED) is 0.769. The highest BCUT2D eigenvalue weighted by Gasteiger charge is 2.13. The lowest BCUT2D eigenvalue weighted by Gasteiger charge is -2.11. The summed E-state index contributed by atoms with van der Waals surface area (Å²) in [6.45, 7) is 0. The van der Waals surface area contributed by atoms with Crippen LogP contribution in [-0.2, 0) is 16.0 Å². The van der Waals surface area contributed by atoms with Gasteiger partial charge >= 0.3 is 5.97 Å². The van der Waals surface area contributed by atoms with Gasteiger partial charge in [0.1, 0.15) is 0 Å². The number of ether oxygens (including phenoxy) is 1. The van der Waals surface area contributed by atoms with E-state index in [0.717, 1.165) is 5.56 Å². The molecule has 2 rings (SSSR count). The Morgan fingerprint density at radius 1 is 1.07 bits per heavy atom. The summed E-state index contributed by atoms with van der Waals surface area (Å²) in [5, 5.41) is 2.99. The third kappa shape index (κ3) is 5.56. The number of anilines is 1. The topological polar surface area (TPSA) is 75.7 Å². The molecule has 6 nitrogen and oxygen atoms in total. The van der Waals surface area contributed by atoms with Gasteiger partial charge in [0.25, 0.3) is 5.91 Å². The molecule has 27 heavy (non-hydrogen) atoms. The molecule has 0 radical (unpaired) electrons. The van der Waals surface area contributed by atoms with Crippen molar-refractivity contribution in [2.75, 3.05) is 26.5 Å². The molecule has 0 fully saturated rings. The average Bonchev–Trinajstić information content (AvgIpc) is 2.67. The Kier molecular flexibility index (Phi) is 6.96. The number of carbonyl (C=O) groups excluding carboxylic acids is 3. The van der Waals surface area contributed by atoms with E-state index in [1.54, 1.807) is 32.3 Å². The summed E-state index contributed by atoms with van der Waals surface area (Å²) in [6, 6.07) is 11.8. The number of nitrogens with one attached hydrogen (secondary N) is 1. The van der Waals surface area contributed by atoms with Crippen molar-refractivity contribution in [3.8, 4) is 0 Å². The maximum atomic E-state index is 12.2. The van der Waals surface area contributed by atoms with E-state index in [2.05, 4.69) is 10.1 Å². The number of amides is 2. The first-order valence-corrected chi connectivity index (χ1v) is 8.68. The molecule has 0 unspecified atom stereocenters. The highest BCUT2D eigenvalue weighted by atomic mass is 35.5. The Hall–Kier alpha value is -2.86. The summed E-state index contributed by atoms with van der Waals surface area (Å²) in [5.74, 6) is -0.825. The van der Waals surface area contributed by atoms with Crippen LogP contribution in [0.5, 0.6) is 0 Å². The van der Waals surface area contributed by atoms with Gasteiger partial charge in [-0.15, -0.1) is 0 Å². The lowest BCUT2D eigenvalue weighted by atomic mass is 10.1. The third-order valence-corrected chi connectivity index (χ3v) is 4.23. The second-order valence-corrected chi connectivity index (χ2v) is 6.54. The van der Waals surface area contributed by atoms with E-state index < -0.39 is 5.97 Å². The second-order valence-electron chi connectivity index (χ2n) is 6.13. The molecule has 142 valence electrons. The molecule has 7 heteroatoms. The number of carbonyl (C=O) groups is 3. The highest BCUT2D eigenvalue weighted by molar-refractivity contribution is 6.33. The molecule has 0 aliphatic heterocycles. The number of nitrogens with zero attached hydrogens (tertiary/aromatic N) is 1. The van der Waals surface area contributed by atoms with E-state index in [0.29, 0.717) is 17.7 Å². The number of aryl methyl sites for hydroxylation is 1. The highest BCUT2D eigenvalue weighted by Crippen LogP contribution is 2.21. The monoisotopic (exact) mass is 388 g/mol. The standard InChI is InChI=1S/C20H21ClN2O4/c1-23(2)19(25)14-7-4-13(5-8-14)6-11-18(24)22-15-9-10-17(21)16(12-15)20(26)27-3/h4-5,7-10,12H,6,11H2,1-3H3,(H,22,24). The molecule has 0 atom stereocenters. The summed E-state index contributed by atoms with van der Waals surface area (Å²) >= 11 is 5.96. The van der Waals surface area contributed by atoms with Gasteiger partial charge in [0.2, 0.25) is 5.91 Å². The van der Waals surface area contributed by atoms with Crippen molar-refractivity contribution >= 4 is 35.1 Å². The van der Waals surface area contributed by atoms with E-state index in [9.17, 15) is 14.4 Å². The van der Waals surface area contributed by atoms with Gasteiger partial charge in [-0.1, -0.05) is 23.7 Å². The molecule has 0 heterocycles. The predicted octanol–water partition coefficient (Wildman–Crippen LogP) is 3.40. The number of methoxy groups -OCH3 is 1. The smallest absolute Gasteiger partial charge is 0.339 e. The number of rotatable bonds is 6. The summed E-state index contributed by atoms with van der Waals surface area (Å²) in [7, 11) is 4.66. The summed E-state index contributed by atoms with van der Waals surface area (Å²) in [6.07, 6.45) is 0.789. The fourth-order valence-electron chi connectivity index (χ4n) is 2.42. The molecule has 2 amide bonds. The van der Waals surface area contributed by atoms with Crippen molar-refractivity contribution in [3.05, 3.63) is 64.2 Å². The van der Waals surface area contributed by atoms with Crippen LogP contribution in [0, 0.1) is 0 Å². The second kappa shape index (κ2) is 9.19. The van der Waals surface area contributed by atoms with Crippen LogP contribution < -0.4 is 5.32 Å². The normalized spacial score (nSPS) is 10.2. The summed E-state index contributed by atoms with van der Waals surface area (Å²) < 4.78 is 4.66. The van der Waals surface area contributed by atoms with Gasteiger partial charge in [-0.05, 0) is 42.3 Å². The molecule has 0 saturated carbocycles. The summed E-state index contributed by atoms with van der Waals surface area (Å²) in [4.78, 5) is 37.2. The third-order valence-electron chi connectivity index (χ3n) is 3.90. The van der Waals surface area contributed by atoms with Crippen molar-refractivity contribution in [1.82, 2.24) is 4.90 Å². The number of esters is 1. The Balaban J connectivity index is 1.95. The van der Waals surface area contributed by atoms with E-state index in [1.807, 2.05) is 12.1 Å². The van der Waals surface area contributed by atoms with Gasteiger partial charge in [-0.2, -0.15) is 0 Å². The molecule has 0 bridgehead atoms. The minimum absolute atomic E-state index is 0.0663. The van der Waals surface area contributed by atoms with E-state index in [1.165, 1.54) is 24.1 Å². The first-order valence-electron chi connectivity index (χ1n) is 8.30. The predicted molar refractivity (Wildman–Crippen MR) is 104 cm³/mol. The van der Waals surface area contributed by atoms with Crippen LogP contribution in [0.3, 0.4) is 0 Å². The van der Waals surface area contributed by atoms with Gasteiger partial charge in [0.15, 0.2) is 0 Å². The van der Waals surface area contributed by atoms with Gasteiger partial charge < -0.3 is 15.0 Å². The molecule has 1 N–H and O–H groups in total. The summed E-state index contributed by atoms with van der Waals surface area (Å²) in [5.41, 5.74) is 2.21. The fraction of sp³-hybridized carbons (Fsp3) is 0.250. The largest absolute Gasteiger partial charge is 0.465 e. The fourth-order valence-corrected chi connectivity index (χ4v) is 2.62. The van der Waals surface area contributed by atoms with Crippen molar-refractivity contribution in [2.45, 2.75) is 12.8 Å². The number of hydrogen-bond acceptors (Lipinski definition) is 4. The molecular weight excluding hydrogens is 368 g/mol. The van der Waals surface area contributed by atoms with Gasteiger partial charge in [0, 0.05) is 31.8 Å². The molecule has 0 spiro atoms. The first kappa shape index (κ1) is 20.5. The van der Waals surface area contributed by atoms with E-state index in [4.69, 9.17) is 11.6 Å². The van der Waals surface area contributed by atoms with Crippen LogP contribution in [0.2, 0.25) is 5.02 Å². The zero-order chi connectivity index (χ0) is 20.0. The molecule has 2 aromatic carbocycles. The van der Waals surface area contributed by atoms with Crippen molar-refractivity contribution in [1.29, 1.82) is 0 Å². The van der Waals surface area contributed by atoms with Gasteiger partial charge in [0.05, 0.1) is 17.7 Å². The molecule has 0 aliphatic carbocycles. The Morgan fingerprint density at radius 2 is 1.74 bits per heavy atom. The Labute approximate surface area is 163 Å². The van der Waals surface area contributed by atoms with Crippen molar-refractivity contribution in [2.24, 2.45) is 0 Å². The molecule has 2 aromatic rings. The van der Waals surface area contributed by atoms with Crippen LogP contribution in [0.1, 0.15) is 32.7 Å². The van der Waals surface area contributed by atoms with Crippen LogP contribution in [0.25, 0.3) is 0 Å². The Morgan fingerprint density at radius 3 is 2.33 bits per heavy atom. The zero-order valence-corrected chi connectivity index (χ0v) is 16.2. The lowest BCUT2D eigenvalue weighted by molar-refractivity contribution is -0.116. The van der Waals surface area contributed by atoms with Crippen LogP contribution in [0.4, 0.5) is 5.69 Å². The zero-order valence-electron chi connectivity index (χ0n) is 15.4. The van der Waals surface area contributed by atoms with Crippen LogP contribution in [-0.4, -0.2) is 43.9 Å². The first-order chi connectivity index (χ1) is 12.8. The maximum absolute atomic E-state index is 12.2. The molecule has 0 saturated heterocycles. The van der Waals surface area contributed by atoms with E-state index >= 15 is 0 Å². The van der Waals surface area contributed by atoms with Crippen LogP contribution >= 0.6 is 11.6 Å².